The zero-order valence-electron chi connectivity index (χ0n) is 8.58. The van der Waals surface area contributed by atoms with Gasteiger partial charge in [-0.25, -0.2) is 4.98 Å². The van der Waals surface area contributed by atoms with Crippen molar-refractivity contribution >= 4 is 27.5 Å². The Balaban J connectivity index is 2.39. The van der Waals surface area contributed by atoms with E-state index < -0.39 is 0 Å². The predicted octanol–water partition coefficient (Wildman–Crippen LogP) is 3.78. The van der Waals surface area contributed by atoms with Gasteiger partial charge in [0.25, 0.3) is 0 Å². The van der Waals surface area contributed by atoms with Crippen LogP contribution in [0.3, 0.4) is 0 Å². The molecule has 0 spiro atoms. The van der Waals surface area contributed by atoms with Crippen molar-refractivity contribution in [3.8, 4) is 11.3 Å². The van der Waals surface area contributed by atoms with E-state index in [9.17, 15) is 0 Å². The topological polar surface area (TPSA) is 52.0 Å². The number of hydrogen-bond donors (Lipinski definition) is 1. The molecular formula is C11H10BrClN2O. The summed E-state index contributed by atoms with van der Waals surface area (Å²) >= 11 is 9.33. The lowest BCUT2D eigenvalue weighted by Gasteiger charge is -2.00. The Hall–Kier alpha value is -0.840. The molecule has 84 valence electrons. The SMILES string of the molecule is CC(N)c1ncc(-c2ccc(Br)c(Cl)c2)o1. The van der Waals surface area contributed by atoms with Gasteiger partial charge in [0.05, 0.1) is 17.3 Å². The average molecular weight is 302 g/mol. The van der Waals surface area contributed by atoms with Gasteiger partial charge in [-0.05, 0) is 41.1 Å². The van der Waals surface area contributed by atoms with Gasteiger partial charge in [0.15, 0.2) is 5.76 Å². The van der Waals surface area contributed by atoms with E-state index in [0.717, 1.165) is 10.0 Å². The predicted molar refractivity (Wildman–Crippen MR) is 67.3 cm³/mol. The highest BCUT2D eigenvalue weighted by molar-refractivity contribution is 9.10. The fourth-order valence-electron chi connectivity index (χ4n) is 1.28. The molecule has 5 heteroatoms. The Bertz CT molecular complexity index is 510. The van der Waals surface area contributed by atoms with E-state index in [0.29, 0.717) is 16.7 Å². The molecule has 0 fully saturated rings. The zero-order valence-corrected chi connectivity index (χ0v) is 10.9. The average Bonchev–Trinajstić information content (AvgIpc) is 2.71. The van der Waals surface area contributed by atoms with E-state index in [1.807, 2.05) is 25.1 Å². The van der Waals surface area contributed by atoms with Crippen molar-refractivity contribution in [1.29, 1.82) is 0 Å². The van der Waals surface area contributed by atoms with Gasteiger partial charge in [0, 0.05) is 10.0 Å². The van der Waals surface area contributed by atoms with Crippen molar-refractivity contribution in [2.75, 3.05) is 0 Å². The van der Waals surface area contributed by atoms with Crippen molar-refractivity contribution in [3.05, 3.63) is 39.8 Å². The van der Waals surface area contributed by atoms with Crippen LogP contribution < -0.4 is 5.73 Å². The molecular weight excluding hydrogens is 291 g/mol. The van der Waals surface area contributed by atoms with Crippen molar-refractivity contribution < 1.29 is 4.42 Å². The van der Waals surface area contributed by atoms with Crippen molar-refractivity contribution in [1.82, 2.24) is 4.98 Å². The Labute approximate surface area is 107 Å². The lowest BCUT2D eigenvalue weighted by atomic mass is 10.2. The second-order valence-corrected chi connectivity index (χ2v) is 4.74. The highest BCUT2D eigenvalue weighted by Crippen LogP contribution is 2.29. The summed E-state index contributed by atoms with van der Waals surface area (Å²) in [5.41, 5.74) is 6.55. The van der Waals surface area contributed by atoms with E-state index in [1.54, 1.807) is 6.20 Å². The summed E-state index contributed by atoms with van der Waals surface area (Å²) in [5, 5.41) is 0.635. The molecule has 0 aliphatic carbocycles. The van der Waals surface area contributed by atoms with Crippen LogP contribution in [0.5, 0.6) is 0 Å². The van der Waals surface area contributed by atoms with E-state index in [2.05, 4.69) is 20.9 Å². The molecule has 0 radical (unpaired) electrons. The van der Waals surface area contributed by atoms with Gasteiger partial charge in [0.2, 0.25) is 5.89 Å². The Kier molecular flexibility index (Phi) is 3.33. The fourth-order valence-corrected chi connectivity index (χ4v) is 1.71. The van der Waals surface area contributed by atoms with Crippen LogP contribution in [0.15, 0.2) is 33.3 Å². The monoisotopic (exact) mass is 300 g/mol. The van der Waals surface area contributed by atoms with Crippen LogP contribution >= 0.6 is 27.5 Å². The maximum absolute atomic E-state index is 6.00. The molecule has 1 aromatic heterocycles. The van der Waals surface area contributed by atoms with E-state index in [4.69, 9.17) is 21.8 Å². The van der Waals surface area contributed by atoms with Crippen LogP contribution in [0.25, 0.3) is 11.3 Å². The molecule has 0 aliphatic heterocycles. The molecule has 0 bridgehead atoms. The number of hydrogen-bond acceptors (Lipinski definition) is 3. The molecule has 1 aromatic carbocycles. The standard InChI is InChI=1S/C11H10BrClN2O/c1-6(14)11-15-5-10(16-11)7-2-3-8(12)9(13)4-7/h2-6H,14H2,1H3. The quantitative estimate of drug-likeness (QED) is 0.918. The third-order valence-electron chi connectivity index (χ3n) is 2.12. The van der Waals surface area contributed by atoms with Crippen molar-refractivity contribution in [3.63, 3.8) is 0 Å². The molecule has 1 atom stereocenters. The third-order valence-corrected chi connectivity index (χ3v) is 3.35. The molecule has 0 amide bonds. The van der Waals surface area contributed by atoms with Crippen LogP contribution in [0, 0.1) is 0 Å². The molecule has 2 N–H and O–H groups in total. The van der Waals surface area contributed by atoms with E-state index in [-0.39, 0.29) is 6.04 Å². The zero-order chi connectivity index (χ0) is 11.7. The molecule has 0 saturated carbocycles. The molecule has 1 unspecified atom stereocenters. The molecule has 2 rings (SSSR count). The normalized spacial score (nSPS) is 12.8. The summed E-state index contributed by atoms with van der Waals surface area (Å²) in [4.78, 5) is 4.10. The summed E-state index contributed by atoms with van der Waals surface area (Å²) < 4.78 is 6.37. The number of nitrogens with zero attached hydrogens (tertiary/aromatic N) is 1. The number of nitrogens with two attached hydrogens (primary N) is 1. The number of benzene rings is 1. The van der Waals surface area contributed by atoms with Gasteiger partial charge in [-0.1, -0.05) is 11.6 Å². The maximum Gasteiger partial charge on any atom is 0.211 e. The van der Waals surface area contributed by atoms with Gasteiger partial charge < -0.3 is 10.2 Å². The van der Waals surface area contributed by atoms with Gasteiger partial charge in [-0.15, -0.1) is 0 Å². The summed E-state index contributed by atoms with van der Waals surface area (Å²) in [6.45, 7) is 1.82. The summed E-state index contributed by atoms with van der Waals surface area (Å²) in [5.74, 6) is 1.19. The number of oxazole rings is 1. The first kappa shape index (κ1) is 11.6. The van der Waals surface area contributed by atoms with E-state index in [1.165, 1.54) is 0 Å². The summed E-state index contributed by atoms with van der Waals surface area (Å²) in [7, 11) is 0. The molecule has 16 heavy (non-hydrogen) atoms. The number of halogens is 2. The number of rotatable bonds is 2. The lowest BCUT2D eigenvalue weighted by Crippen LogP contribution is -2.04. The minimum atomic E-state index is -0.209. The first-order valence-electron chi connectivity index (χ1n) is 4.74. The van der Waals surface area contributed by atoms with Crippen molar-refractivity contribution in [2.24, 2.45) is 5.73 Å². The minimum absolute atomic E-state index is 0.209. The second kappa shape index (κ2) is 4.57. The van der Waals surface area contributed by atoms with Gasteiger partial charge in [-0.3, -0.25) is 0 Å². The van der Waals surface area contributed by atoms with Crippen molar-refractivity contribution in [2.45, 2.75) is 13.0 Å². The largest absolute Gasteiger partial charge is 0.439 e. The third kappa shape index (κ3) is 2.29. The molecule has 1 heterocycles. The molecule has 3 nitrogen and oxygen atoms in total. The Morgan fingerprint density at radius 3 is 2.81 bits per heavy atom. The van der Waals surface area contributed by atoms with Gasteiger partial charge >= 0.3 is 0 Å². The van der Waals surface area contributed by atoms with Crippen LogP contribution in [0.4, 0.5) is 0 Å². The summed E-state index contributed by atoms with van der Waals surface area (Å²) in [6.07, 6.45) is 1.65. The highest BCUT2D eigenvalue weighted by Gasteiger charge is 2.10. The summed E-state index contributed by atoms with van der Waals surface area (Å²) in [6, 6.07) is 5.38. The van der Waals surface area contributed by atoms with Gasteiger partial charge in [-0.2, -0.15) is 0 Å². The molecule has 2 aromatic rings. The number of aromatic nitrogens is 1. The Morgan fingerprint density at radius 1 is 1.50 bits per heavy atom. The second-order valence-electron chi connectivity index (χ2n) is 3.48. The minimum Gasteiger partial charge on any atom is -0.439 e. The molecule has 0 aliphatic rings. The maximum atomic E-state index is 6.00. The van der Waals surface area contributed by atoms with E-state index >= 15 is 0 Å². The molecule has 0 saturated heterocycles. The van der Waals surface area contributed by atoms with Gasteiger partial charge in [0.1, 0.15) is 0 Å². The highest BCUT2D eigenvalue weighted by atomic mass is 79.9. The Morgan fingerprint density at radius 2 is 2.25 bits per heavy atom. The first-order valence-corrected chi connectivity index (χ1v) is 5.92. The first-order chi connectivity index (χ1) is 7.58. The smallest absolute Gasteiger partial charge is 0.211 e. The fraction of sp³-hybridized carbons (Fsp3) is 0.182. The van der Waals surface area contributed by atoms with Crippen LogP contribution in [-0.2, 0) is 0 Å². The van der Waals surface area contributed by atoms with Crippen LogP contribution in [-0.4, -0.2) is 4.98 Å². The lowest BCUT2D eigenvalue weighted by molar-refractivity contribution is 0.473. The van der Waals surface area contributed by atoms with Crippen LogP contribution in [0.2, 0.25) is 5.02 Å². The van der Waals surface area contributed by atoms with Crippen LogP contribution in [0.1, 0.15) is 18.9 Å².